The van der Waals surface area contributed by atoms with Crippen LogP contribution in [-0.2, 0) is 4.79 Å². The number of carbonyl (C=O) groups excluding carboxylic acids is 1. The summed E-state index contributed by atoms with van der Waals surface area (Å²) in [6, 6.07) is 0. The van der Waals surface area contributed by atoms with E-state index < -0.39 is 0 Å². The van der Waals surface area contributed by atoms with Gasteiger partial charge in [0.15, 0.2) is 0 Å². The predicted molar refractivity (Wildman–Crippen MR) is 61.9 cm³/mol. The van der Waals surface area contributed by atoms with Crippen molar-refractivity contribution in [1.29, 1.82) is 0 Å². The molecule has 2 saturated carbocycles. The average Bonchev–Trinajstić information content (AvgIpc) is 2.70. The SMILES string of the molecule is CC1(C)C2CCC(C2)C1(C)NC(=O)CCl. The smallest absolute Gasteiger partial charge is 0.235 e. The van der Waals surface area contributed by atoms with Crippen molar-refractivity contribution in [3.8, 4) is 0 Å². The van der Waals surface area contributed by atoms with Crippen LogP contribution in [0.15, 0.2) is 0 Å². The minimum absolute atomic E-state index is 0.0280. The molecule has 0 heterocycles. The Balaban J connectivity index is 2.23. The topological polar surface area (TPSA) is 29.1 Å². The number of amides is 1. The molecular weight excluding hydrogens is 210 g/mol. The first-order chi connectivity index (χ1) is 6.91. The van der Waals surface area contributed by atoms with Crippen LogP contribution in [0.25, 0.3) is 0 Å². The molecule has 0 radical (unpaired) electrons. The number of hydrogen-bond acceptors (Lipinski definition) is 1. The van der Waals surface area contributed by atoms with Crippen molar-refractivity contribution >= 4 is 17.5 Å². The second-order valence-electron chi connectivity index (χ2n) is 5.81. The fourth-order valence-electron chi connectivity index (χ4n) is 3.70. The molecule has 2 aliphatic carbocycles. The van der Waals surface area contributed by atoms with Crippen LogP contribution >= 0.6 is 11.6 Å². The van der Waals surface area contributed by atoms with E-state index in [1.807, 2.05) is 0 Å². The molecule has 2 rings (SSSR count). The van der Waals surface area contributed by atoms with E-state index in [9.17, 15) is 4.79 Å². The third-order valence-electron chi connectivity index (χ3n) is 5.13. The Morgan fingerprint density at radius 1 is 1.33 bits per heavy atom. The number of alkyl halides is 1. The van der Waals surface area contributed by atoms with Gasteiger partial charge < -0.3 is 5.32 Å². The summed E-state index contributed by atoms with van der Waals surface area (Å²) in [6.07, 6.45) is 3.85. The summed E-state index contributed by atoms with van der Waals surface area (Å²) in [4.78, 5) is 11.5. The maximum absolute atomic E-state index is 11.5. The summed E-state index contributed by atoms with van der Waals surface area (Å²) in [7, 11) is 0. The van der Waals surface area contributed by atoms with Gasteiger partial charge in [0.2, 0.25) is 5.91 Å². The first kappa shape index (κ1) is 11.3. The second kappa shape index (κ2) is 3.38. The molecule has 0 spiro atoms. The maximum atomic E-state index is 11.5. The quantitative estimate of drug-likeness (QED) is 0.725. The zero-order valence-electron chi connectivity index (χ0n) is 9.77. The third kappa shape index (κ3) is 1.41. The monoisotopic (exact) mass is 229 g/mol. The minimum Gasteiger partial charge on any atom is -0.349 e. The predicted octanol–water partition coefficient (Wildman–Crippen LogP) is 2.56. The van der Waals surface area contributed by atoms with Crippen LogP contribution in [-0.4, -0.2) is 17.3 Å². The van der Waals surface area contributed by atoms with E-state index in [-0.39, 0.29) is 22.7 Å². The van der Waals surface area contributed by atoms with Gasteiger partial charge in [-0.15, -0.1) is 11.6 Å². The number of rotatable bonds is 2. The van der Waals surface area contributed by atoms with E-state index in [0.717, 1.165) is 5.92 Å². The summed E-state index contributed by atoms with van der Waals surface area (Å²) in [6.45, 7) is 6.76. The van der Waals surface area contributed by atoms with Gasteiger partial charge in [-0.1, -0.05) is 13.8 Å². The summed E-state index contributed by atoms with van der Waals surface area (Å²) in [5.74, 6) is 1.45. The minimum atomic E-state index is -0.0537. The molecule has 2 bridgehead atoms. The normalized spacial score (nSPS) is 41.9. The van der Waals surface area contributed by atoms with Crippen molar-refractivity contribution in [2.75, 3.05) is 5.88 Å². The van der Waals surface area contributed by atoms with Crippen molar-refractivity contribution in [3.63, 3.8) is 0 Å². The van der Waals surface area contributed by atoms with Crippen LogP contribution < -0.4 is 5.32 Å². The van der Waals surface area contributed by atoms with Crippen molar-refractivity contribution in [2.45, 2.75) is 45.6 Å². The molecule has 0 saturated heterocycles. The van der Waals surface area contributed by atoms with Gasteiger partial charge in [-0.2, -0.15) is 0 Å². The van der Waals surface area contributed by atoms with Crippen LogP contribution in [0.3, 0.4) is 0 Å². The number of fused-ring (bicyclic) bond motifs is 2. The van der Waals surface area contributed by atoms with Crippen LogP contribution in [0.5, 0.6) is 0 Å². The van der Waals surface area contributed by atoms with E-state index in [1.165, 1.54) is 19.3 Å². The molecule has 0 aromatic rings. The van der Waals surface area contributed by atoms with E-state index in [1.54, 1.807) is 0 Å². The molecule has 2 aliphatic rings. The van der Waals surface area contributed by atoms with Gasteiger partial charge in [-0.05, 0) is 43.4 Å². The Morgan fingerprint density at radius 3 is 2.40 bits per heavy atom. The molecule has 0 aliphatic heterocycles. The van der Waals surface area contributed by atoms with E-state index >= 15 is 0 Å². The van der Waals surface area contributed by atoms with Gasteiger partial charge in [0.1, 0.15) is 5.88 Å². The summed E-state index contributed by atoms with van der Waals surface area (Å²) >= 11 is 5.58. The highest BCUT2D eigenvalue weighted by Crippen LogP contribution is 2.61. The van der Waals surface area contributed by atoms with E-state index in [2.05, 4.69) is 26.1 Å². The Hall–Kier alpha value is -0.240. The molecule has 2 fully saturated rings. The lowest BCUT2D eigenvalue weighted by Gasteiger charge is -2.48. The van der Waals surface area contributed by atoms with Gasteiger partial charge >= 0.3 is 0 Å². The number of hydrogen-bond donors (Lipinski definition) is 1. The average molecular weight is 230 g/mol. The van der Waals surface area contributed by atoms with Crippen LogP contribution in [0.2, 0.25) is 0 Å². The van der Waals surface area contributed by atoms with Crippen LogP contribution in [0, 0.1) is 17.3 Å². The highest BCUT2D eigenvalue weighted by atomic mass is 35.5. The molecule has 2 nitrogen and oxygen atoms in total. The molecule has 3 unspecified atom stereocenters. The number of nitrogens with one attached hydrogen (secondary N) is 1. The Morgan fingerprint density at radius 2 is 1.93 bits per heavy atom. The molecule has 1 N–H and O–H groups in total. The van der Waals surface area contributed by atoms with Crippen LogP contribution in [0.4, 0.5) is 0 Å². The van der Waals surface area contributed by atoms with Crippen molar-refractivity contribution in [3.05, 3.63) is 0 Å². The number of halogens is 1. The molecule has 3 atom stereocenters. The zero-order chi connectivity index (χ0) is 11.3. The Labute approximate surface area is 96.8 Å². The van der Waals surface area contributed by atoms with Gasteiger partial charge in [0, 0.05) is 5.54 Å². The molecular formula is C12H20ClNO. The highest BCUT2D eigenvalue weighted by Gasteiger charge is 2.60. The lowest BCUT2D eigenvalue weighted by atomic mass is 9.64. The fourth-order valence-corrected chi connectivity index (χ4v) is 3.76. The fraction of sp³-hybridized carbons (Fsp3) is 0.917. The van der Waals surface area contributed by atoms with Crippen molar-refractivity contribution in [2.24, 2.45) is 17.3 Å². The van der Waals surface area contributed by atoms with Gasteiger partial charge in [-0.3, -0.25) is 4.79 Å². The lowest BCUT2D eigenvalue weighted by Crippen LogP contribution is -2.59. The molecule has 86 valence electrons. The molecule has 15 heavy (non-hydrogen) atoms. The molecule has 0 aromatic carbocycles. The zero-order valence-corrected chi connectivity index (χ0v) is 10.5. The second-order valence-corrected chi connectivity index (χ2v) is 6.08. The van der Waals surface area contributed by atoms with Crippen LogP contribution in [0.1, 0.15) is 40.0 Å². The lowest BCUT2D eigenvalue weighted by molar-refractivity contribution is -0.123. The Kier molecular flexibility index (Phi) is 2.53. The summed E-state index contributed by atoms with van der Waals surface area (Å²) in [5.41, 5.74) is 0.152. The summed E-state index contributed by atoms with van der Waals surface area (Å²) in [5, 5.41) is 3.16. The van der Waals surface area contributed by atoms with Crippen molar-refractivity contribution < 1.29 is 4.79 Å². The van der Waals surface area contributed by atoms with Gasteiger partial charge in [0.05, 0.1) is 0 Å². The summed E-state index contributed by atoms with van der Waals surface area (Å²) < 4.78 is 0. The van der Waals surface area contributed by atoms with E-state index in [0.29, 0.717) is 5.92 Å². The van der Waals surface area contributed by atoms with Gasteiger partial charge in [-0.25, -0.2) is 0 Å². The molecule has 0 aromatic heterocycles. The molecule has 1 amide bonds. The first-order valence-corrected chi connectivity index (χ1v) is 6.32. The van der Waals surface area contributed by atoms with E-state index in [4.69, 9.17) is 11.6 Å². The largest absolute Gasteiger partial charge is 0.349 e. The van der Waals surface area contributed by atoms with Crippen molar-refractivity contribution in [1.82, 2.24) is 5.32 Å². The third-order valence-corrected chi connectivity index (χ3v) is 5.37. The van der Waals surface area contributed by atoms with Gasteiger partial charge in [0.25, 0.3) is 0 Å². The maximum Gasteiger partial charge on any atom is 0.235 e. The molecule has 3 heteroatoms. The first-order valence-electron chi connectivity index (χ1n) is 5.79. The highest BCUT2D eigenvalue weighted by molar-refractivity contribution is 6.27. The number of carbonyl (C=O) groups is 1. The standard InChI is InChI=1S/C12H20ClNO/c1-11(2)8-4-5-9(6-8)12(11,3)14-10(15)7-13/h8-9H,4-7H2,1-3H3,(H,14,15). The Bertz CT molecular complexity index is 289.